The van der Waals surface area contributed by atoms with Gasteiger partial charge in [-0.3, -0.25) is 9.59 Å². The van der Waals surface area contributed by atoms with Crippen LogP contribution in [-0.2, 0) is 0 Å². The first-order chi connectivity index (χ1) is 8.26. The van der Waals surface area contributed by atoms with E-state index in [2.05, 4.69) is 0 Å². The van der Waals surface area contributed by atoms with Crippen molar-refractivity contribution >= 4 is 12.6 Å². The van der Waals surface area contributed by atoms with Crippen molar-refractivity contribution in [3.63, 3.8) is 0 Å². The molecule has 0 aliphatic carbocycles. The summed E-state index contributed by atoms with van der Waals surface area (Å²) < 4.78 is 0. The second-order valence-electron chi connectivity index (χ2n) is 3.88. The largest absolute Gasteiger partial charge is 0.298 e. The van der Waals surface area contributed by atoms with E-state index in [1.54, 1.807) is 12.1 Å². The maximum atomic E-state index is 10.9. The lowest BCUT2D eigenvalue weighted by atomic mass is 9.96. The average molecular weight is 224 g/mol. The van der Waals surface area contributed by atoms with Crippen LogP contribution in [0.2, 0.25) is 0 Å². The molecule has 0 atom stereocenters. The second-order valence-corrected chi connectivity index (χ2v) is 3.88. The van der Waals surface area contributed by atoms with Crippen LogP contribution in [0.15, 0.2) is 42.5 Å². The summed E-state index contributed by atoms with van der Waals surface area (Å²) in [5, 5.41) is 0. The van der Waals surface area contributed by atoms with E-state index >= 15 is 0 Å². The maximum absolute atomic E-state index is 10.9. The highest BCUT2D eigenvalue weighted by atomic mass is 16.1. The first kappa shape index (κ1) is 11.3. The van der Waals surface area contributed by atoms with Crippen molar-refractivity contribution in [2.75, 3.05) is 0 Å². The Balaban J connectivity index is 2.59. The van der Waals surface area contributed by atoms with Crippen LogP contribution in [0.3, 0.4) is 0 Å². The molecule has 2 aromatic rings. The fourth-order valence-electron chi connectivity index (χ4n) is 1.87. The highest BCUT2D eigenvalue weighted by molar-refractivity contribution is 5.84. The molecule has 17 heavy (non-hydrogen) atoms. The van der Waals surface area contributed by atoms with Crippen molar-refractivity contribution in [2.24, 2.45) is 0 Å². The molecule has 0 aliphatic rings. The second kappa shape index (κ2) is 4.74. The van der Waals surface area contributed by atoms with E-state index in [4.69, 9.17) is 0 Å². The maximum Gasteiger partial charge on any atom is 0.150 e. The Morgan fingerprint density at radius 1 is 0.941 bits per heavy atom. The Morgan fingerprint density at radius 2 is 1.71 bits per heavy atom. The number of hydrogen-bond acceptors (Lipinski definition) is 2. The molecule has 2 nitrogen and oxygen atoms in total. The smallest absolute Gasteiger partial charge is 0.150 e. The van der Waals surface area contributed by atoms with Gasteiger partial charge in [0.25, 0.3) is 0 Å². The molecule has 0 radical (unpaired) electrons. The van der Waals surface area contributed by atoms with Crippen LogP contribution >= 0.6 is 0 Å². The molecule has 0 aromatic heterocycles. The van der Waals surface area contributed by atoms with Gasteiger partial charge in [-0.2, -0.15) is 0 Å². The van der Waals surface area contributed by atoms with E-state index in [0.29, 0.717) is 11.1 Å². The third-order valence-electron chi connectivity index (χ3n) is 2.84. The quantitative estimate of drug-likeness (QED) is 0.750. The van der Waals surface area contributed by atoms with E-state index in [-0.39, 0.29) is 0 Å². The topological polar surface area (TPSA) is 34.1 Å². The molecule has 2 heteroatoms. The summed E-state index contributed by atoms with van der Waals surface area (Å²) in [5.74, 6) is 0. The molecule has 0 spiro atoms. The molecular weight excluding hydrogens is 212 g/mol. The lowest BCUT2D eigenvalue weighted by Crippen LogP contribution is -1.91. The number of benzene rings is 2. The summed E-state index contributed by atoms with van der Waals surface area (Å²) in [5.41, 5.74) is 4.19. The molecule has 0 N–H and O–H groups in total. The average Bonchev–Trinajstić information content (AvgIpc) is 2.39. The highest BCUT2D eigenvalue weighted by Crippen LogP contribution is 2.25. The molecule has 0 saturated carbocycles. The van der Waals surface area contributed by atoms with Gasteiger partial charge in [-0.25, -0.2) is 0 Å². The SMILES string of the molecule is Cc1c(C=O)cccc1-c1cccc(C=O)c1. The van der Waals surface area contributed by atoms with Gasteiger partial charge in [0.2, 0.25) is 0 Å². The molecule has 84 valence electrons. The number of carbonyl (C=O) groups is 2. The van der Waals surface area contributed by atoms with Gasteiger partial charge in [0.05, 0.1) is 0 Å². The number of rotatable bonds is 3. The molecule has 2 rings (SSSR count). The Labute approximate surface area is 99.9 Å². The monoisotopic (exact) mass is 224 g/mol. The molecule has 0 heterocycles. The standard InChI is InChI=1S/C15H12O2/c1-11-14(10-17)6-3-7-15(11)13-5-2-4-12(8-13)9-16/h2-10H,1H3. The zero-order valence-electron chi connectivity index (χ0n) is 9.51. The first-order valence-electron chi connectivity index (χ1n) is 5.36. The van der Waals surface area contributed by atoms with Gasteiger partial charge in [0.1, 0.15) is 12.6 Å². The number of carbonyl (C=O) groups excluding carboxylic acids is 2. The minimum absolute atomic E-state index is 0.637. The lowest BCUT2D eigenvalue weighted by molar-refractivity contribution is 0.111. The fraction of sp³-hybridized carbons (Fsp3) is 0.0667. The summed E-state index contributed by atoms with van der Waals surface area (Å²) in [4.78, 5) is 21.6. The van der Waals surface area contributed by atoms with Gasteiger partial charge in [0.15, 0.2) is 0 Å². The Hall–Kier alpha value is -2.22. The van der Waals surface area contributed by atoms with Crippen LogP contribution in [0.5, 0.6) is 0 Å². The minimum atomic E-state index is 0.637. The van der Waals surface area contributed by atoms with Gasteiger partial charge in [-0.05, 0) is 29.7 Å². The van der Waals surface area contributed by atoms with E-state index < -0.39 is 0 Å². The fourth-order valence-corrected chi connectivity index (χ4v) is 1.87. The minimum Gasteiger partial charge on any atom is -0.298 e. The summed E-state index contributed by atoms with van der Waals surface area (Å²) >= 11 is 0. The third-order valence-corrected chi connectivity index (χ3v) is 2.84. The zero-order chi connectivity index (χ0) is 12.3. The van der Waals surface area contributed by atoms with Gasteiger partial charge < -0.3 is 0 Å². The van der Waals surface area contributed by atoms with Crippen LogP contribution in [-0.4, -0.2) is 12.6 Å². The summed E-state index contributed by atoms with van der Waals surface area (Å²) in [6, 6.07) is 12.9. The van der Waals surface area contributed by atoms with E-state index in [0.717, 1.165) is 29.3 Å². The number of hydrogen-bond donors (Lipinski definition) is 0. The van der Waals surface area contributed by atoms with Crippen LogP contribution in [0.4, 0.5) is 0 Å². The van der Waals surface area contributed by atoms with Crippen LogP contribution < -0.4 is 0 Å². The molecule has 2 aromatic carbocycles. The van der Waals surface area contributed by atoms with Crippen LogP contribution in [0, 0.1) is 6.92 Å². The molecule has 0 unspecified atom stereocenters. The molecule has 0 fully saturated rings. The van der Waals surface area contributed by atoms with Crippen molar-refractivity contribution in [3.8, 4) is 11.1 Å². The molecule has 0 bridgehead atoms. The Bertz CT molecular complexity index is 571. The Morgan fingerprint density at radius 3 is 2.41 bits per heavy atom. The van der Waals surface area contributed by atoms with E-state index in [9.17, 15) is 9.59 Å². The van der Waals surface area contributed by atoms with Gasteiger partial charge >= 0.3 is 0 Å². The first-order valence-corrected chi connectivity index (χ1v) is 5.36. The van der Waals surface area contributed by atoms with Crippen molar-refractivity contribution in [1.82, 2.24) is 0 Å². The molecule has 0 amide bonds. The van der Waals surface area contributed by atoms with Gasteiger partial charge in [-0.1, -0.05) is 36.4 Å². The molecule has 0 saturated heterocycles. The summed E-state index contributed by atoms with van der Waals surface area (Å²) in [6.45, 7) is 1.91. The van der Waals surface area contributed by atoms with Crippen LogP contribution in [0.25, 0.3) is 11.1 Å². The normalized spacial score (nSPS) is 9.94. The molecule has 0 aliphatic heterocycles. The van der Waals surface area contributed by atoms with Gasteiger partial charge in [-0.15, -0.1) is 0 Å². The van der Waals surface area contributed by atoms with E-state index in [1.165, 1.54) is 0 Å². The van der Waals surface area contributed by atoms with Crippen molar-refractivity contribution in [1.29, 1.82) is 0 Å². The van der Waals surface area contributed by atoms with E-state index in [1.807, 2.05) is 37.3 Å². The molecular formula is C15H12O2. The third kappa shape index (κ3) is 2.16. The highest BCUT2D eigenvalue weighted by Gasteiger charge is 2.05. The lowest BCUT2D eigenvalue weighted by Gasteiger charge is -2.08. The van der Waals surface area contributed by atoms with Crippen molar-refractivity contribution in [2.45, 2.75) is 6.92 Å². The summed E-state index contributed by atoms with van der Waals surface area (Å²) in [7, 11) is 0. The predicted molar refractivity (Wildman–Crippen MR) is 67.4 cm³/mol. The van der Waals surface area contributed by atoms with Crippen LogP contribution in [0.1, 0.15) is 26.3 Å². The predicted octanol–water partition coefficient (Wildman–Crippen LogP) is 3.29. The van der Waals surface area contributed by atoms with Gasteiger partial charge in [0, 0.05) is 11.1 Å². The summed E-state index contributed by atoms with van der Waals surface area (Å²) in [6.07, 6.45) is 1.67. The van der Waals surface area contributed by atoms with Crippen molar-refractivity contribution < 1.29 is 9.59 Å². The zero-order valence-corrected chi connectivity index (χ0v) is 9.51. The number of aldehydes is 2. The van der Waals surface area contributed by atoms with Crippen molar-refractivity contribution in [3.05, 3.63) is 59.2 Å². The Kier molecular flexibility index (Phi) is 3.15.